The number of hydrogen-bond donors (Lipinski definition) is 0. The third kappa shape index (κ3) is 2.90. The second-order valence-electron chi connectivity index (χ2n) is 4.11. The van der Waals surface area contributed by atoms with Crippen molar-refractivity contribution in [1.82, 2.24) is 14.3 Å². The van der Waals surface area contributed by atoms with Gasteiger partial charge in [-0.25, -0.2) is 0 Å². The van der Waals surface area contributed by atoms with Crippen LogP contribution in [-0.4, -0.2) is 34.3 Å². The van der Waals surface area contributed by atoms with Crippen LogP contribution in [0.4, 0.5) is 0 Å². The molecule has 6 heteroatoms. The molecule has 0 saturated heterocycles. The summed E-state index contributed by atoms with van der Waals surface area (Å²) in [6.45, 7) is 1.97. The molecule has 0 aromatic carbocycles. The highest BCUT2D eigenvalue weighted by Crippen LogP contribution is 2.23. The van der Waals surface area contributed by atoms with E-state index in [0.717, 1.165) is 17.1 Å². The molecular formula is C13H15N3O2S. The Morgan fingerprint density at radius 1 is 1.53 bits per heavy atom. The number of aromatic nitrogens is 2. The molecule has 1 atom stereocenters. The van der Waals surface area contributed by atoms with Gasteiger partial charge in [0.15, 0.2) is 0 Å². The fourth-order valence-corrected chi connectivity index (χ4v) is 2.34. The predicted octanol–water partition coefficient (Wildman–Crippen LogP) is 2.38. The fraction of sp³-hybridized carbons (Fsp3) is 0.308. The molecule has 0 fully saturated rings. The summed E-state index contributed by atoms with van der Waals surface area (Å²) in [5.41, 5.74) is 0.995. The van der Waals surface area contributed by atoms with Gasteiger partial charge in [-0.2, -0.15) is 4.37 Å². The zero-order valence-corrected chi connectivity index (χ0v) is 11.8. The Morgan fingerprint density at radius 3 is 2.89 bits per heavy atom. The minimum absolute atomic E-state index is 0.0469. The third-order valence-corrected chi connectivity index (χ3v) is 3.74. The molecule has 0 aliphatic heterocycles. The third-order valence-electron chi connectivity index (χ3n) is 2.98. The molecule has 0 aliphatic rings. The topological polar surface area (TPSA) is 55.3 Å². The lowest BCUT2D eigenvalue weighted by Crippen LogP contribution is -2.29. The Balaban J connectivity index is 2.15. The smallest absolute Gasteiger partial charge is 0.265 e. The monoisotopic (exact) mass is 277 g/mol. The molecular weight excluding hydrogens is 262 g/mol. The van der Waals surface area contributed by atoms with Crippen LogP contribution in [0.15, 0.2) is 30.6 Å². The van der Waals surface area contributed by atoms with E-state index in [4.69, 9.17) is 4.74 Å². The first-order valence-corrected chi connectivity index (χ1v) is 6.58. The van der Waals surface area contributed by atoms with E-state index >= 15 is 0 Å². The van der Waals surface area contributed by atoms with Crippen LogP contribution < -0.4 is 4.74 Å². The van der Waals surface area contributed by atoms with Crippen LogP contribution in [0.5, 0.6) is 5.88 Å². The molecule has 19 heavy (non-hydrogen) atoms. The summed E-state index contributed by atoms with van der Waals surface area (Å²) in [5, 5.41) is 0. The fourth-order valence-electron chi connectivity index (χ4n) is 1.65. The van der Waals surface area contributed by atoms with Crippen LogP contribution in [-0.2, 0) is 0 Å². The molecule has 0 saturated carbocycles. The number of amides is 1. The lowest BCUT2D eigenvalue weighted by molar-refractivity contribution is 0.0747. The van der Waals surface area contributed by atoms with Gasteiger partial charge in [-0.3, -0.25) is 9.78 Å². The van der Waals surface area contributed by atoms with E-state index in [2.05, 4.69) is 9.36 Å². The summed E-state index contributed by atoms with van der Waals surface area (Å²) >= 11 is 1.14. The van der Waals surface area contributed by atoms with Gasteiger partial charge < -0.3 is 9.64 Å². The van der Waals surface area contributed by atoms with Gasteiger partial charge in [0.25, 0.3) is 5.91 Å². The molecule has 2 aromatic heterocycles. The van der Waals surface area contributed by atoms with Crippen LogP contribution in [0.25, 0.3) is 0 Å². The molecule has 0 unspecified atom stereocenters. The zero-order valence-electron chi connectivity index (χ0n) is 11.0. The number of rotatable bonds is 4. The molecule has 0 spiro atoms. The Bertz CT molecular complexity index is 556. The summed E-state index contributed by atoms with van der Waals surface area (Å²) in [4.78, 5) is 18.6. The molecule has 2 rings (SSSR count). The van der Waals surface area contributed by atoms with Crippen LogP contribution in [0, 0.1) is 0 Å². The number of pyridine rings is 1. The van der Waals surface area contributed by atoms with Gasteiger partial charge in [-0.1, -0.05) is 6.07 Å². The SMILES string of the molecule is COc1cc(C(=O)N(C)[C@@H](C)c2cccnc2)sn1. The Kier molecular flexibility index (Phi) is 4.11. The number of carbonyl (C=O) groups is 1. The van der Waals surface area contributed by atoms with Gasteiger partial charge in [-0.05, 0) is 30.1 Å². The summed E-state index contributed by atoms with van der Waals surface area (Å²) < 4.78 is 9.02. The number of carbonyl (C=O) groups excluding carboxylic acids is 1. The highest BCUT2D eigenvalue weighted by Gasteiger charge is 2.21. The van der Waals surface area contributed by atoms with Gasteiger partial charge >= 0.3 is 0 Å². The highest BCUT2D eigenvalue weighted by molar-refractivity contribution is 7.08. The van der Waals surface area contributed by atoms with Crippen molar-refractivity contribution >= 4 is 17.4 Å². The van der Waals surface area contributed by atoms with Crippen molar-refractivity contribution in [2.45, 2.75) is 13.0 Å². The largest absolute Gasteiger partial charge is 0.480 e. The summed E-state index contributed by atoms with van der Waals surface area (Å²) in [6.07, 6.45) is 3.48. The maximum atomic E-state index is 12.3. The average molecular weight is 277 g/mol. The van der Waals surface area contributed by atoms with Crippen molar-refractivity contribution in [3.63, 3.8) is 0 Å². The highest BCUT2D eigenvalue weighted by atomic mass is 32.1. The normalized spacial score (nSPS) is 11.9. The summed E-state index contributed by atoms with van der Waals surface area (Å²) in [7, 11) is 3.30. The maximum Gasteiger partial charge on any atom is 0.265 e. The van der Waals surface area contributed by atoms with Crippen LogP contribution in [0.2, 0.25) is 0 Å². The van der Waals surface area contributed by atoms with Crippen molar-refractivity contribution in [3.8, 4) is 5.88 Å². The molecule has 0 aliphatic carbocycles. The molecule has 1 amide bonds. The van der Waals surface area contributed by atoms with E-state index in [0.29, 0.717) is 10.8 Å². The molecule has 0 bridgehead atoms. The second kappa shape index (κ2) is 5.79. The van der Waals surface area contributed by atoms with Gasteiger partial charge in [0.2, 0.25) is 5.88 Å². The predicted molar refractivity (Wildman–Crippen MR) is 73.4 cm³/mol. The van der Waals surface area contributed by atoms with Crippen LogP contribution in [0.1, 0.15) is 28.2 Å². The zero-order chi connectivity index (χ0) is 13.8. The molecule has 5 nitrogen and oxygen atoms in total. The minimum atomic E-state index is -0.0721. The Hall–Kier alpha value is -1.95. The maximum absolute atomic E-state index is 12.3. The van der Waals surface area contributed by atoms with E-state index in [1.807, 2.05) is 19.1 Å². The summed E-state index contributed by atoms with van der Waals surface area (Å²) in [6, 6.07) is 5.42. The van der Waals surface area contributed by atoms with Crippen molar-refractivity contribution < 1.29 is 9.53 Å². The molecule has 2 aromatic rings. The minimum Gasteiger partial charge on any atom is -0.480 e. The van der Waals surface area contributed by atoms with Crippen molar-refractivity contribution in [2.75, 3.05) is 14.2 Å². The number of hydrogen-bond acceptors (Lipinski definition) is 5. The molecule has 0 radical (unpaired) electrons. The van der Waals surface area contributed by atoms with Gasteiger partial charge in [0.1, 0.15) is 4.88 Å². The van der Waals surface area contributed by atoms with E-state index in [-0.39, 0.29) is 11.9 Å². The summed E-state index contributed by atoms with van der Waals surface area (Å²) in [5.74, 6) is 0.396. The van der Waals surface area contributed by atoms with Gasteiger partial charge in [0.05, 0.1) is 13.2 Å². The van der Waals surface area contributed by atoms with Crippen molar-refractivity contribution in [1.29, 1.82) is 0 Å². The second-order valence-corrected chi connectivity index (χ2v) is 4.92. The number of nitrogens with zero attached hydrogens (tertiary/aromatic N) is 3. The molecule has 0 N–H and O–H groups in total. The Labute approximate surface area is 116 Å². The van der Waals surface area contributed by atoms with Gasteiger partial charge in [0, 0.05) is 25.5 Å². The first kappa shape index (κ1) is 13.5. The first-order valence-electron chi connectivity index (χ1n) is 5.81. The standard InChI is InChI=1S/C13H15N3O2S/c1-9(10-5-4-6-14-8-10)16(2)13(17)11-7-12(18-3)15-19-11/h4-9H,1-3H3/t9-/m0/s1. The lowest BCUT2D eigenvalue weighted by Gasteiger charge is -2.24. The molecule has 100 valence electrons. The van der Waals surface area contributed by atoms with E-state index in [9.17, 15) is 4.79 Å². The van der Waals surface area contributed by atoms with E-state index in [1.165, 1.54) is 7.11 Å². The van der Waals surface area contributed by atoms with Gasteiger partial charge in [-0.15, -0.1) is 0 Å². The lowest BCUT2D eigenvalue weighted by atomic mass is 10.1. The number of methoxy groups -OCH3 is 1. The van der Waals surface area contributed by atoms with E-state index in [1.54, 1.807) is 30.4 Å². The van der Waals surface area contributed by atoms with Crippen molar-refractivity contribution in [2.24, 2.45) is 0 Å². The average Bonchev–Trinajstić information content (AvgIpc) is 2.94. The Morgan fingerprint density at radius 2 is 2.32 bits per heavy atom. The van der Waals surface area contributed by atoms with Crippen LogP contribution >= 0.6 is 11.5 Å². The first-order chi connectivity index (χ1) is 9.13. The number of ether oxygens (including phenoxy) is 1. The quantitative estimate of drug-likeness (QED) is 0.861. The van der Waals surface area contributed by atoms with Crippen LogP contribution in [0.3, 0.4) is 0 Å². The van der Waals surface area contributed by atoms with Crippen molar-refractivity contribution in [3.05, 3.63) is 41.0 Å². The van der Waals surface area contributed by atoms with E-state index < -0.39 is 0 Å². The molecule has 2 heterocycles.